The van der Waals surface area contributed by atoms with E-state index in [0.29, 0.717) is 11.0 Å². The maximum Gasteiger partial charge on any atom is 0.349 e. The number of hydrogen-bond acceptors (Lipinski definition) is 8. The van der Waals surface area contributed by atoms with Gasteiger partial charge in [0, 0.05) is 0 Å². The van der Waals surface area contributed by atoms with Gasteiger partial charge in [0.05, 0.1) is 24.2 Å². The second kappa shape index (κ2) is 7.16. The Labute approximate surface area is 152 Å². The molecule has 0 aromatic heterocycles. The molecule has 10 heteroatoms. The van der Waals surface area contributed by atoms with E-state index < -0.39 is 36.2 Å². The Morgan fingerprint density at radius 3 is 2.41 bits per heavy atom. The number of nitrogens with zero attached hydrogens (tertiary/aromatic N) is 3. The third kappa shape index (κ3) is 3.47. The summed E-state index contributed by atoms with van der Waals surface area (Å²) in [6, 6.07) is 3.53. The first kappa shape index (κ1) is 19.1. The number of aromatic nitrogens is 4. The zero-order valence-electron chi connectivity index (χ0n) is 14.7. The van der Waals surface area contributed by atoms with E-state index in [1.165, 1.54) is 4.57 Å². The van der Waals surface area contributed by atoms with Gasteiger partial charge in [-0.05, 0) is 37.1 Å². The van der Waals surface area contributed by atoms with Crippen molar-refractivity contribution in [3.05, 3.63) is 44.1 Å². The molecular formula is C17H20N4O6. The summed E-state index contributed by atoms with van der Waals surface area (Å²) < 4.78 is 1.40. The molecule has 1 aromatic rings. The zero-order chi connectivity index (χ0) is 19.9. The standard InChI is InChI=1S/C17H20N4O6/c1-7-3-9-10(4-8(7)2)21(5-11(23)14(25)12(24)6-22)15-13(18-9)16(26)20-17(27)19-15/h3-4,11-12,14,22-25H,5-6H2,1-2H3,(H,20,26,27)/t11-,12+,14-/m0/s1/i8+1,10+1. The molecule has 144 valence electrons. The van der Waals surface area contributed by atoms with Crippen LogP contribution in [0.3, 0.4) is 0 Å². The second-order valence-corrected chi connectivity index (χ2v) is 6.50. The normalized spacial score (nSPS) is 15.2. The van der Waals surface area contributed by atoms with Gasteiger partial charge in [-0.3, -0.25) is 9.78 Å². The van der Waals surface area contributed by atoms with Crippen molar-refractivity contribution in [1.82, 2.24) is 19.5 Å². The van der Waals surface area contributed by atoms with Gasteiger partial charge < -0.3 is 25.0 Å². The lowest BCUT2D eigenvalue weighted by Crippen LogP contribution is -2.42. The molecular weight excluding hydrogens is 358 g/mol. The number of aliphatic hydroxyl groups excluding tert-OH is 4. The number of aliphatic hydroxyl groups is 4. The van der Waals surface area contributed by atoms with Gasteiger partial charge in [0.15, 0.2) is 11.5 Å². The summed E-state index contributed by atoms with van der Waals surface area (Å²) in [5.74, 6) is -0.0516. The molecule has 0 aliphatic carbocycles. The number of benzene rings is 1. The first-order chi connectivity index (χ1) is 12.7. The molecule has 0 unspecified atom stereocenters. The van der Waals surface area contributed by atoms with Crippen LogP contribution in [0.15, 0.2) is 21.7 Å². The Morgan fingerprint density at radius 2 is 1.74 bits per heavy atom. The van der Waals surface area contributed by atoms with Crippen molar-refractivity contribution in [1.29, 1.82) is 0 Å². The highest BCUT2D eigenvalue weighted by molar-refractivity contribution is 5.81. The molecule has 2 aliphatic heterocycles. The molecule has 0 radical (unpaired) electrons. The Hall–Kier alpha value is -2.66. The monoisotopic (exact) mass is 378 g/mol. The van der Waals surface area contributed by atoms with Crippen molar-refractivity contribution in [2.45, 2.75) is 38.7 Å². The predicted molar refractivity (Wildman–Crippen MR) is 95.6 cm³/mol. The number of aromatic amines is 1. The first-order valence-corrected chi connectivity index (χ1v) is 8.29. The van der Waals surface area contributed by atoms with Crippen LogP contribution in [0, 0.1) is 13.8 Å². The number of hydrogen-bond donors (Lipinski definition) is 5. The number of H-pyrrole nitrogens is 1. The van der Waals surface area contributed by atoms with E-state index in [1.54, 1.807) is 12.1 Å². The van der Waals surface area contributed by atoms with E-state index >= 15 is 0 Å². The van der Waals surface area contributed by atoms with Gasteiger partial charge >= 0.3 is 5.69 Å². The van der Waals surface area contributed by atoms with Crippen LogP contribution < -0.4 is 11.2 Å². The van der Waals surface area contributed by atoms with E-state index in [4.69, 9.17) is 5.11 Å². The van der Waals surface area contributed by atoms with Crippen molar-refractivity contribution in [2.24, 2.45) is 0 Å². The Morgan fingerprint density at radius 1 is 1.07 bits per heavy atom. The van der Waals surface area contributed by atoms with E-state index in [1.807, 2.05) is 13.8 Å². The van der Waals surface area contributed by atoms with E-state index in [0.717, 1.165) is 11.1 Å². The van der Waals surface area contributed by atoms with Crippen LogP contribution in [-0.2, 0) is 6.54 Å². The molecule has 0 spiro atoms. The molecule has 0 fully saturated rings. The van der Waals surface area contributed by atoms with E-state index in [-0.39, 0.29) is 18.1 Å². The number of rotatable bonds is 5. The lowest BCUT2D eigenvalue weighted by Gasteiger charge is -2.25. The highest BCUT2D eigenvalue weighted by Crippen LogP contribution is 2.24. The third-order valence-electron chi connectivity index (χ3n) is 4.57. The fraction of sp³-hybridized carbons (Fsp3) is 0.412. The van der Waals surface area contributed by atoms with Gasteiger partial charge in [-0.25, -0.2) is 9.78 Å². The molecule has 27 heavy (non-hydrogen) atoms. The predicted octanol–water partition coefficient (Wildman–Crippen LogP) is -1.72. The molecule has 0 amide bonds. The van der Waals surface area contributed by atoms with Crippen LogP contribution in [0.1, 0.15) is 11.1 Å². The Bertz CT molecular complexity index is 1080. The summed E-state index contributed by atoms with van der Waals surface area (Å²) >= 11 is 0. The molecule has 2 aliphatic rings. The minimum Gasteiger partial charge on any atom is -0.394 e. The summed E-state index contributed by atoms with van der Waals surface area (Å²) in [5, 5.41) is 38.8. The molecule has 0 bridgehead atoms. The lowest BCUT2D eigenvalue weighted by atomic mass is 10.1. The topological polar surface area (TPSA) is 162 Å². The highest BCUT2D eigenvalue weighted by Gasteiger charge is 2.27. The minimum atomic E-state index is -1.64. The summed E-state index contributed by atoms with van der Waals surface area (Å²) in [6.07, 6.45) is -4.68. The Balaban J connectivity index is 2.28. The summed E-state index contributed by atoms with van der Waals surface area (Å²) in [7, 11) is 0. The largest absolute Gasteiger partial charge is 0.394 e. The molecule has 3 atom stereocenters. The molecule has 2 heterocycles. The maximum atomic E-state index is 12.2. The van der Waals surface area contributed by atoms with Gasteiger partial charge in [0.25, 0.3) is 5.56 Å². The van der Waals surface area contributed by atoms with Crippen LogP contribution in [0.25, 0.3) is 22.6 Å². The van der Waals surface area contributed by atoms with Gasteiger partial charge in [-0.15, -0.1) is 0 Å². The van der Waals surface area contributed by atoms with Crippen LogP contribution in [0.2, 0.25) is 0 Å². The van der Waals surface area contributed by atoms with Crippen molar-refractivity contribution in [3.63, 3.8) is 0 Å². The molecule has 10 nitrogen and oxygen atoms in total. The average Bonchev–Trinajstić information content (AvgIpc) is 2.62. The number of aryl methyl sites for hydroxylation is 2. The first-order valence-electron chi connectivity index (χ1n) is 8.29. The minimum absolute atomic E-state index is 0.0516. The molecule has 5 N–H and O–H groups in total. The smallest absolute Gasteiger partial charge is 0.349 e. The van der Waals surface area contributed by atoms with Gasteiger partial charge in [0.2, 0.25) is 0 Å². The van der Waals surface area contributed by atoms with Crippen LogP contribution in [0.5, 0.6) is 0 Å². The van der Waals surface area contributed by atoms with Crippen molar-refractivity contribution in [3.8, 4) is 11.5 Å². The van der Waals surface area contributed by atoms with Crippen LogP contribution >= 0.6 is 0 Å². The maximum absolute atomic E-state index is 12.2. The fourth-order valence-corrected chi connectivity index (χ4v) is 2.89. The lowest BCUT2D eigenvalue weighted by molar-refractivity contribution is -0.0802. The van der Waals surface area contributed by atoms with Crippen molar-refractivity contribution in [2.75, 3.05) is 6.61 Å². The van der Waals surface area contributed by atoms with Crippen LogP contribution in [-0.4, -0.2) is 64.9 Å². The van der Waals surface area contributed by atoms with Gasteiger partial charge in [0.1, 0.15) is 18.3 Å². The van der Waals surface area contributed by atoms with Crippen LogP contribution in [0.4, 0.5) is 0 Å². The van der Waals surface area contributed by atoms with Gasteiger partial charge in [-0.2, -0.15) is 4.98 Å². The van der Waals surface area contributed by atoms with Crippen molar-refractivity contribution >= 4 is 11.0 Å². The molecule has 0 saturated carbocycles. The summed E-state index contributed by atoms with van der Waals surface area (Å²) in [5.41, 5.74) is 1.11. The van der Waals surface area contributed by atoms with Gasteiger partial charge in [-0.1, -0.05) is 0 Å². The quantitative estimate of drug-likeness (QED) is 0.327. The fourth-order valence-electron chi connectivity index (χ4n) is 2.89. The molecule has 3 rings (SSSR count). The molecule has 0 saturated heterocycles. The SMILES string of the molecule is Cc1cc2nc3c(=O)[nH]c(=O)nc-3n(C[C@H](O)[C@H](O)[C@H](O)CO)[13c]2c[13c]1C. The number of nitrogens with one attached hydrogen (secondary N) is 1. The summed E-state index contributed by atoms with van der Waals surface area (Å²) in [4.78, 5) is 34.0. The van der Waals surface area contributed by atoms with Crippen molar-refractivity contribution < 1.29 is 20.4 Å². The average molecular weight is 378 g/mol. The zero-order valence-corrected chi connectivity index (χ0v) is 14.7. The summed E-state index contributed by atoms with van der Waals surface area (Å²) in [6.45, 7) is 2.73. The van der Waals surface area contributed by atoms with E-state index in [2.05, 4.69) is 15.0 Å². The highest BCUT2D eigenvalue weighted by atomic mass is 16.4. The molecule has 1 aromatic carbocycles. The Kier molecular flexibility index (Phi) is 5.07. The second-order valence-electron chi connectivity index (χ2n) is 6.50. The third-order valence-corrected chi connectivity index (χ3v) is 4.57. The van der Waals surface area contributed by atoms with E-state index in [9.17, 15) is 24.9 Å². The number of fused-ring (bicyclic) bond motifs is 2.